The Balaban J connectivity index is 0. The topological polar surface area (TPSA) is 57.6 Å². The van der Waals surface area contributed by atoms with Crippen LogP contribution in [0.1, 0.15) is 27.1 Å². The van der Waals surface area contributed by atoms with Gasteiger partial charge in [-0.25, -0.2) is 0 Å². The van der Waals surface area contributed by atoms with Gasteiger partial charge in [-0.1, -0.05) is 12.8 Å². The van der Waals surface area contributed by atoms with Gasteiger partial charge in [0.2, 0.25) is 0 Å². The fourth-order valence-electron chi connectivity index (χ4n) is 1.27. The fourth-order valence-corrected chi connectivity index (χ4v) is 1.99. The zero-order chi connectivity index (χ0) is 8.32. The van der Waals surface area contributed by atoms with Gasteiger partial charge >= 0.3 is 39.9 Å². The molecule has 1 aliphatic heterocycles. The molecule has 1 aliphatic rings. The maximum Gasteiger partial charge on any atom is 1.00 e. The zero-order valence-corrected chi connectivity index (χ0v) is 10.2. The fraction of sp³-hybridized carbons (Fsp3) is 1.00. The second-order valence-electron chi connectivity index (χ2n) is 2.79. The molecule has 0 unspecified atom stereocenters. The van der Waals surface area contributed by atoms with Crippen molar-refractivity contribution in [2.75, 3.05) is 13.1 Å². The smallest absolute Gasteiger partial charge is 1.00 e. The van der Waals surface area contributed by atoms with Crippen LogP contribution < -0.4 is 29.6 Å². The molecule has 68 valence electrons. The van der Waals surface area contributed by atoms with E-state index in [2.05, 4.69) is 0 Å². The summed E-state index contributed by atoms with van der Waals surface area (Å²) in [5.74, 6) is 0. The minimum Gasteiger partial charge on any atom is -1.00 e. The van der Waals surface area contributed by atoms with Crippen molar-refractivity contribution in [3.05, 3.63) is 0 Å². The standard InChI is InChI=1S/C6H13NO3S.Na.H/c8-11(9,10)7-5-3-1-2-4-6-7;;/h1-6H2,(H,8,9,10);;/q;+1;-1. The minimum atomic E-state index is -3.92. The van der Waals surface area contributed by atoms with Gasteiger partial charge in [0.25, 0.3) is 0 Å². The first-order valence-corrected chi connectivity index (χ1v) is 5.23. The number of hydrogen-bond donors (Lipinski definition) is 1. The van der Waals surface area contributed by atoms with Crippen LogP contribution in [0.15, 0.2) is 0 Å². The predicted octanol–water partition coefficient (Wildman–Crippen LogP) is -2.22. The molecule has 1 heterocycles. The van der Waals surface area contributed by atoms with Gasteiger partial charge in [0, 0.05) is 13.1 Å². The summed E-state index contributed by atoms with van der Waals surface area (Å²) in [5, 5.41) is 0. The molecule has 1 saturated heterocycles. The molecule has 12 heavy (non-hydrogen) atoms. The molecule has 0 aromatic heterocycles. The van der Waals surface area contributed by atoms with Gasteiger partial charge in [-0.3, -0.25) is 4.55 Å². The third-order valence-electron chi connectivity index (χ3n) is 1.89. The first-order valence-electron chi connectivity index (χ1n) is 3.83. The van der Waals surface area contributed by atoms with Gasteiger partial charge in [0.05, 0.1) is 0 Å². The number of nitrogens with zero attached hydrogens (tertiary/aromatic N) is 1. The summed E-state index contributed by atoms with van der Waals surface area (Å²) >= 11 is 0. The van der Waals surface area contributed by atoms with E-state index in [4.69, 9.17) is 4.55 Å². The normalized spacial score (nSPS) is 21.1. The van der Waals surface area contributed by atoms with Crippen molar-refractivity contribution >= 4 is 10.3 Å². The molecule has 0 aliphatic carbocycles. The zero-order valence-electron chi connectivity index (χ0n) is 8.36. The van der Waals surface area contributed by atoms with Gasteiger partial charge in [-0.2, -0.15) is 12.7 Å². The van der Waals surface area contributed by atoms with Crippen LogP contribution in [0.5, 0.6) is 0 Å². The van der Waals surface area contributed by atoms with E-state index < -0.39 is 10.3 Å². The van der Waals surface area contributed by atoms with Crippen molar-refractivity contribution in [3.8, 4) is 0 Å². The molecule has 0 aromatic carbocycles. The Labute approximate surface area is 97.0 Å². The van der Waals surface area contributed by atoms with Crippen molar-refractivity contribution in [1.29, 1.82) is 0 Å². The largest absolute Gasteiger partial charge is 1.00 e. The molecule has 4 nitrogen and oxygen atoms in total. The molecular weight excluding hydrogens is 189 g/mol. The van der Waals surface area contributed by atoms with Gasteiger partial charge in [-0.05, 0) is 12.8 Å². The summed E-state index contributed by atoms with van der Waals surface area (Å²) in [5.41, 5.74) is 0. The van der Waals surface area contributed by atoms with Gasteiger partial charge in [0.1, 0.15) is 0 Å². The SMILES string of the molecule is O=S(=O)(O)N1CCCCCC1.[H-].[Na+]. The molecule has 6 heteroatoms. The third kappa shape index (κ3) is 4.20. The van der Waals surface area contributed by atoms with E-state index in [0.717, 1.165) is 30.0 Å². The third-order valence-corrected chi connectivity index (χ3v) is 2.91. The monoisotopic (exact) mass is 203 g/mol. The summed E-state index contributed by atoms with van der Waals surface area (Å²) in [6, 6.07) is 0. The summed E-state index contributed by atoms with van der Waals surface area (Å²) in [7, 11) is -3.92. The van der Waals surface area contributed by atoms with Gasteiger partial charge < -0.3 is 1.43 Å². The van der Waals surface area contributed by atoms with Crippen LogP contribution in [0.3, 0.4) is 0 Å². The van der Waals surface area contributed by atoms with Crippen LogP contribution in [0.4, 0.5) is 0 Å². The van der Waals surface area contributed by atoms with E-state index in [1.807, 2.05) is 0 Å². The van der Waals surface area contributed by atoms with E-state index >= 15 is 0 Å². The minimum absolute atomic E-state index is 0. The molecule has 0 aromatic rings. The van der Waals surface area contributed by atoms with Crippen molar-refractivity contribution < 1.29 is 44.0 Å². The Bertz CT molecular complexity index is 214. The average molecular weight is 203 g/mol. The molecule has 1 fully saturated rings. The van der Waals surface area contributed by atoms with Crippen LogP contribution in [-0.4, -0.2) is 30.4 Å². The number of rotatable bonds is 1. The van der Waals surface area contributed by atoms with Crippen LogP contribution >= 0.6 is 0 Å². The molecule has 0 amide bonds. The van der Waals surface area contributed by atoms with E-state index in [1.165, 1.54) is 0 Å². The van der Waals surface area contributed by atoms with E-state index in [-0.39, 0.29) is 31.0 Å². The van der Waals surface area contributed by atoms with Crippen molar-refractivity contribution in [3.63, 3.8) is 0 Å². The quantitative estimate of drug-likeness (QED) is 0.388. The molecule has 0 radical (unpaired) electrons. The maximum atomic E-state index is 10.6. The Kier molecular flexibility index (Phi) is 5.97. The van der Waals surface area contributed by atoms with Crippen LogP contribution in [-0.2, 0) is 10.3 Å². The van der Waals surface area contributed by atoms with E-state index in [0.29, 0.717) is 13.1 Å². The van der Waals surface area contributed by atoms with Gasteiger partial charge in [0.15, 0.2) is 0 Å². The first kappa shape index (κ1) is 12.9. The van der Waals surface area contributed by atoms with Crippen molar-refractivity contribution in [2.45, 2.75) is 25.7 Å². The van der Waals surface area contributed by atoms with Gasteiger partial charge in [-0.15, -0.1) is 0 Å². The Morgan fingerprint density at radius 1 is 1.08 bits per heavy atom. The Morgan fingerprint density at radius 2 is 1.50 bits per heavy atom. The second-order valence-corrected chi connectivity index (χ2v) is 4.20. The van der Waals surface area contributed by atoms with Crippen LogP contribution in [0.2, 0.25) is 0 Å². The first-order chi connectivity index (χ1) is 5.11. The van der Waals surface area contributed by atoms with Crippen LogP contribution in [0, 0.1) is 0 Å². The molecule has 0 bridgehead atoms. The molecule has 0 saturated carbocycles. The Morgan fingerprint density at radius 3 is 1.83 bits per heavy atom. The maximum absolute atomic E-state index is 10.6. The average Bonchev–Trinajstić information content (AvgIpc) is 2.10. The molecule has 1 N–H and O–H groups in total. The van der Waals surface area contributed by atoms with Crippen molar-refractivity contribution in [2.24, 2.45) is 0 Å². The molecule has 0 atom stereocenters. The number of hydrogen-bond acceptors (Lipinski definition) is 2. The summed E-state index contributed by atoms with van der Waals surface area (Å²) in [4.78, 5) is 0. The predicted molar refractivity (Wildman–Crippen MR) is 42.7 cm³/mol. The summed E-state index contributed by atoms with van der Waals surface area (Å²) < 4.78 is 31.0. The van der Waals surface area contributed by atoms with E-state index in [1.54, 1.807) is 0 Å². The van der Waals surface area contributed by atoms with Crippen LogP contribution in [0.25, 0.3) is 0 Å². The van der Waals surface area contributed by atoms with Crippen molar-refractivity contribution in [1.82, 2.24) is 4.31 Å². The summed E-state index contributed by atoms with van der Waals surface area (Å²) in [6.45, 7) is 0.942. The van der Waals surface area contributed by atoms with E-state index in [9.17, 15) is 8.42 Å². The second kappa shape index (κ2) is 5.57. The molecule has 0 spiro atoms. The summed E-state index contributed by atoms with van der Waals surface area (Å²) in [6.07, 6.45) is 3.84. The Hall–Kier alpha value is 0.870. The molecular formula is C6H14NNaO3S. The molecule has 1 rings (SSSR count).